The molecule has 5 nitrogen and oxygen atoms in total. The van der Waals surface area contributed by atoms with Gasteiger partial charge in [0.1, 0.15) is 11.6 Å². The van der Waals surface area contributed by atoms with E-state index in [2.05, 4.69) is 4.90 Å². The maximum Gasteiger partial charge on any atom is 0.248 e. The smallest absolute Gasteiger partial charge is 0.248 e. The van der Waals surface area contributed by atoms with Crippen molar-refractivity contribution in [2.45, 2.75) is 24.2 Å². The number of ether oxygens (including phenoxy) is 1. The fourth-order valence-corrected chi connectivity index (χ4v) is 5.06. The second kappa shape index (κ2) is 8.07. The highest BCUT2D eigenvalue weighted by Gasteiger charge is 2.33. The van der Waals surface area contributed by atoms with Crippen molar-refractivity contribution in [1.29, 1.82) is 0 Å². The predicted molar refractivity (Wildman–Crippen MR) is 89.7 cm³/mol. The molecule has 0 spiro atoms. The predicted octanol–water partition coefficient (Wildman–Crippen LogP) is 2.09. The molecule has 0 radical (unpaired) electrons. The fourth-order valence-electron chi connectivity index (χ4n) is 3.49. The van der Waals surface area contributed by atoms with Crippen LogP contribution >= 0.6 is 0 Å². The van der Waals surface area contributed by atoms with E-state index in [1.54, 1.807) is 0 Å². The maximum absolute atomic E-state index is 13.8. The molecular formula is C17H24F2N2O3S. The van der Waals surface area contributed by atoms with Crippen LogP contribution in [0.4, 0.5) is 8.78 Å². The van der Waals surface area contributed by atoms with Crippen LogP contribution in [-0.4, -0.2) is 63.6 Å². The molecule has 0 unspecified atom stereocenters. The molecule has 0 atom stereocenters. The summed E-state index contributed by atoms with van der Waals surface area (Å²) in [4.78, 5) is 1.53. The molecule has 0 amide bonds. The van der Waals surface area contributed by atoms with E-state index in [-0.39, 0.29) is 0 Å². The molecule has 0 bridgehead atoms. The summed E-state index contributed by atoms with van der Waals surface area (Å²) >= 11 is 0. The first-order valence-corrected chi connectivity index (χ1v) is 10.2. The van der Waals surface area contributed by atoms with E-state index < -0.39 is 26.6 Å². The van der Waals surface area contributed by atoms with E-state index >= 15 is 0 Å². The van der Waals surface area contributed by atoms with E-state index in [1.165, 1.54) is 10.4 Å². The van der Waals surface area contributed by atoms with Crippen molar-refractivity contribution < 1.29 is 21.9 Å². The monoisotopic (exact) mass is 374 g/mol. The van der Waals surface area contributed by atoms with Crippen LogP contribution in [0.2, 0.25) is 0 Å². The lowest BCUT2D eigenvalue weighted by Crippen LogP contribution is -2.41. The van der Waals surface area contributed by atoms with Crippen LogP contribution in [0, 0.1) is 17.6 Å². The highest BCUT2D eigenvalue weighted by molar-refractivity contribution is 7.89. The zero-order valence-electron chi connectivity index (χ0n) is 14.2. The third-order valence-corrected chi connectivity index (χ3v) is 7.00. The molecule has 0 aromatic heterocycles. The Labute approximate surface area is 147 Å². The van der Waals surface area contributed by atoms with Gasteiger partial charge in [0.05, 0.1) is 13.2 Å². The molecule has 1 aromatic rings. The minimum absolute atomic E-state index is 0.309. The van der Waals surface area contributed by atoms with Crippen LogP contribution in [0.25, 0.3) is 0 Å². The van der Waals surface area contributed by atoms with Gasteiger partial charge in [-0.05, 0) is 43.9 Å². The van der Waals surface area contributed by atoms with Gasteiger partial charge < -0.3 is 4.74 Å². The Morgan fingerprint density at radius 2 is 1.64 bits per heavy atom. The molecule has 140 valence electrons. The number of benzene rings is 1. The first kappa shape index (κ1) is 18.7. The van der Waals surface area contributed by atoms with Crippen LogP contribution in [0.5, 0.6) is 0 Å². The van der Waals surface area contributed by atoms with Gasteiger partial charge in [0.25, 0.3) is 0 Å². The number of hydrogen-bond acceptors (Lipinski definition) is 4. The second-order valence-corrected chi connectivity index (χ2v) is 8.52. The number of morpholine rings is 1. The summed E-state index contributed by atoms with van der Waals surface area (Å²) < 4.78 is 59.4. The lowest BCUT2D eigenvalue weighted by atomic mass is 9.94. The van der Waals surface area contributed by atoms with Crippen molar-refractivity contribution in [2.75, 3.05) is 45.9 Å². The Morgan fingerprint density at radius 3 is 2.24 bits per heavy atom. The summed E-state index contributed by atoms with van der Waals surface area (Å²) in [7, 11) is -4.13. The Kier molecular flexibility index (Phi) is 6.04. The molecular weight excluding hydrogens is 350 g/mol. The molecule has 2 heterocycles. The van der Waals surface area contributed by atoms with Crippen LogP contribution in [0.1, 0.15) is 19.3 Å². The van der Waals surface area contributed by atoms with Crippen molar-refractivity contribution >= 4 is 10.0 Å². The van der Waals surface area contributed by atoms with Crippen molar-refractivity contribution in [3.8, 4) is 0 Å². The van der Waals surface area contributed by atoms with Gasteiger partial charge in [-0.15, -0.1) is 0 Å². The number of nitrogens with zero attached hydrogens (tertiary/aromatic N) is 2. The Balaban J connectivity index is 1.56. The van der Waals surface area contributed by atoms with E-state index in [0.717, 1.165) is 64.2 Å². The van der Waals surface area contributed by atoms with E-state index in [0.29, 0.717) is 19.0 Å². The summed E-state index contributed by atoms with van der Waals surface area (Å²) in [6, 6.07) is 3.12. The van der Waals surface area contributed by atoms with Gasteiger partial charge in [0, 0.05) is 26.2 Å². The average molecular weight is 374 g/mol. The number of sulfonamides is 1. The number of rotatable bonds is 5. The molecule has 3 rings (SSSR count). The van der Waals surface area contributed by atoms with Gasteiger partial charge >= 0.3 is 0 Å². The first-order chi connectivity index (χ1) is 12.0. The second-order valence-electron chi connectivity index (χ2n) is 6.64. The molecule has 8 heteroatoms. The van der Waals surface area contributed by atoms with Crippen molar-refractivity contribution in [1.82, 2.24) is 9.21 Å². The number of halogens is 2. The largest absolute Gasteiger partial charge is 0.379 e. The zero-order valence-corrected chi connectivity index (χ0v) is 15.0. The third-order valence-electron chi connectivity index (χ3n) is 5.05. The minimum Gasteiger partial charge on any atom is -0.379 e. The molecule has 2 fully saturated rings. The van der Waals surface area contributed by atoms with Crippen LogP contribution < -0.4 is 0 Å². The summed E-state index contributed by atoms with van der Waals surface area (Å²) in [6.45, 7) is 5.03. The molecule has 0 N–H and O–H groups in total. The lowest BCUT2D eigenvalue weighted by molar-refractivity contribution is 0.0343. The Bertz CT molecular complexity index is 665. The Hall–Kier alpha value is -1.09. The highest BCUT2D eigenvalue weighted by atomic mass is 32.2. The summed E-state index contributed by atoms with van der Waals surface area (Å²) in [5.41, 5.74) is 0. The SMILES string of the molecule is O=S(=O)(c1c(F)cccc1F)N1CCC(CCN2CCOCC2)CC1. The van der Waals surface area contributed by atoms with Crippen LogP contribution in [0.15, 0.2) is 23.1 Å². The average Bonchev–Trinajstić information content (AvgIpc) is 2.61. The van der Waals surface area contributed by atoms with E-state index in [9.17, 15) is 17.2 Å². The number of piperidine rings is 1. The van der Waals surface area contributed by atoms with Gasteiger partial charge in [0.2, 0.25) is 10.0 Å². The minimum atomic E-state index is -4.13. The lowest BCUT2D eigenvalue weighted by Gasteiger charge is -2.33. The zero-order chi connectivity index (χ0) is 17.9. The topological polar surface area (TPSA) is 49.9 Å². The third kappa shape index (κ3) is 4.36. The first-order valence-electron chi connectivity index (χ1n) is 8.73. The molecule has 25 heavy (non-hydrogen) atoms. The van der Waals surface area contributed by atoms with E-state index in [4.69, 9.17) is 4.74 Å². The molecule has 2 saturated heterocycles. The molecule has 2 aliphatic heterocycles. The van der Waals surface area contributed by atoms with Crippen molar-refractivity contribution in [3.63, 3.8) is 0 Å². The summed E-state index contributed by atoms with van der Waals surface area (Å²) in [5, 5.41) is 0. The van der Waals surface area contributed by atoms with Gasteiger partial charge in [-0.25, -0.2) is 17.2 Å². The van der Waals surface area contributed by atoms with Crippen molar-refractivity contribution in [3.05, 3.63) is 29.8 Å². The normalized spacial score (nSPS) is 21.5. The highest BCUT2D eigenvalue weighted by Crippen LogP contribution is 2.28. The summed E-state index contributed by atoms with van der Waals surface area (Å²) in [6.07, 6.45) is 2.46. The molecule has 0 saturated carbocycles. The van der Waals surface area contributed by atoms with Gasteiger partial charge in [-0.1, -0.05) is 6.07 Å². The Morgan fingerprint density at radius 1 is 1.04 bits per heavy atom. The maximum atomic E-state index is 13.8. The van der Waals surface area contributed by atoms with Gasteiger partial charge in [-0.3, -0.25) is 4.90 Å². The summed E-state index contributed by atoms with van der Waals surface area (Å²) in [5.74, 6) is -1.62. The fraction of sp³-hybridized carbons (Fsp3) is 0.647. The van der Waals surface area contributed by atoms with Gasteiger partial charge in [-0.2, -0.15) is 4.31 Å². The van der Waals surface area contributed by atoms with E-state index in [1.807, 2.05) is 0 Å². The molecule has 0 aliphatic carbocycles. The van der Waals surface area contributed by atoms with Crippen molar-refractivity contribution in [2.24, 2.45) is 5.92 Å². The van der Waals surface area contributed by atoms with Crippen LogP contribution in [-0.2, 0) is 14.8 Å². The molecule has 2 aliphatic rings. The standard InChI is InChI=1S/C17H24F2N2O3S/c18-15-2-1-3-16(19)17(15)25(22,23)21-8-5-14(6-9-21)4-7-20-10-12-24-13-11-20/h1-3,14H,4-13H2. The number of hydrogen-bond donors (Lipinski definition) is 0. The van der Waals surface area contributed by atoms with Gasteiger partial charge in [0.15, 0.2) is 4.90 Å². The van der Waals surface area contributed by atoms with Crippen LogP contribution in [0.3, 0.4) is 0 Å². The molecule has 1 aromatic carbocycles. The quantitative estimate of drug-likeness (QED) is 0.792.